The monoisotopic (exact) mass is 406 g/mol. The lowest BCUT2D eigenvalue weighted by Gasteiger charge is -2.31. The van der Waals surface area contributed by atoms with E-state index in [1.54, 1.807) is 24.3 Å². The van der Waals surface area contributed by atoms with Crippen LogP contribution in [0.1, 0.15) is 57.6 Å². The number of carboxylic acid groups (broad SMARTS) is 1. The summed E-state index contributed by atoms with van der Waals surface area (Å²) in [7, 11) is 0. The second-order valence-corrected chi connectivity index (χ2v) is 8.18. The highest BCUT2D eigenvalue weighted by Gasteiger charge is 2.67. The highest BCUT2D eigenvalue weighted by molar-refractivity contribution is 6.30. The van der Waals surface area contributed by atoms with E-state index in [1.807, 2.05) is 13.8 Å². The summed E-state index contributed by atoms with van der Waals surface area (Å²) >= 11 is 5.99. The SMILES string of the molecule is CCCCN1C(=O)C2C(c3ccc(Cl)cc3)NC(CCCC)(C(=O)O)C2C1=O. The third-order valence-corrected chi connectivity index (χ3v) is 6.27. The predicted octanol–water partition coefficient (Wildman–Crippen LogP) is 3.40. The lowest BCUT2D eigenvalue weighted by Crippen LogP contribution is -2.55. The molecule has 2 N–H and O–H groups in total. The molecule has 0 aromatic heterocycles. The van der Waals surface area contributed by atoms with Gasteiger partial charge < -0.3 is 5.11 Å². The van der Waals surface area contributed by atoms with Crippen LogP contribution in [0.3, 0.4) is 0 Å². The Balaban J connectivity index is 2.06. The van der Waals surface area contributed by atoms with Crippen LogP contribution < -0.4 is 5.32 Å². The fourth-order valence-electron chi connectivity index (χ4n) is 4.54. The minimum atomic E-state index is -1.43. The van der Waals surface area contributed by atoms with E-state index < -0.39 is 29.4 Å². The zero-order valence-corrected chi connectivity index (χ0v) is 17.0. The fraction of sp³-hybridized carbons (Fsp3) is 0.571. The third kappa shape index (κ3) is 3.33. The highest BCUT2D eigenvalue weighted by Crippen LogP contribution is 2.50. The van der Waals surface area contributed by atoms with Crippen molar-refractivity contribution in [1.82, 2.24) is 10.2 Å². The van der Waals surface area contributed by atoms with Gasteiger partial charge in [0.15, 0.2) is 0 Å². The van der Waals surface area contributed by atoms with Crippen LogP contribution >= 0.6 is 11.6 Å². The molecule has 2 aliphatic heterocycles. The minimum absolute atomic E-state index is 0.268. The van der Waals surface area contributed by atoms with Gasteiger partial charge in [-0.1, -0.05) is 56.8 Å². The molecule has 6 nitrogen and oxygen atoms in total. The van der Waals surface area contributed by atoms with E-state index in [0.717, 1.165) is 18.4 Å². The summed E-state index contributed by atoms with van der Waals surface area (Å²) in [4.78, 5) is 40.1. The van der Waals surface area contributed by atoms with Gasteiger partial charge in [0.05, 0.1) is 11.8 Å². The second-order valence-electron chi connectivity index (χ2n) is 7.74. The first-order valence-electron chi connectivity index (χ1n) is 9.99. The van der Waals surface area contributed by atoms with Gasteiger partial charge in [-0.15, -0.1) is 0 Å². The van der Waals surface area contributed by atoms with Gasteiger partial charge in [0.2, 0.25) is 11.8 Å². The van der Waals surface area contributed by atoms with Crippen LogP contribution in [-0.2, 0) is 14.4 Å². The topological polar surface area (TPSA) is 86.7 Å². The summed E-state index contributed by atoms with van der Waals surface area (Å²) in [5, 5.41) is 13.9. The van der Waals surface area contributed by atoms with Crippen molar-refractivity contribution in [3.05, 3.63) is 34.9 Å². The minimum Gasteiger partial charge on any atom is -0.480 e. The predicted molar refractivity (Wildman–Crippen MR) is 106 cm³/mol. The second kappa shape index (κ2) is 8.21. The molecule has 4 unspecified atom stereocenters. The number of amides is 2. The number of benzene rings is 1. The number of hydrogen-bond donors (Lipinski definition) is 2. The average molecular weight is 407 g/mol. The first-order chi connectivity index (χ1) is 13.4. The first kappa shape index (κ1) is 20.8. The van der Waals surface area contributed by atoms with E-state index in [4.69, 9.17) is 11.6 Å². The van der Waals surface area contributed by atoms with E-state index >= 15 is 0 Å². The van der Waals surface area contributed by atoms with Gasteiger partial charge in [0.25, 0.3) is 0 Å². The lowest BCUT2D eigenvalue weighted by atomic mass is 9.76. The van der Waals surface area contributed by atoms with E-state index in [0.29, 0.717) is 30.8 Å². The number of rotatable bonds is 8. The van der Waals surface area contributed by atoms with Crippen LogP contribution in [-0.4, -0.2) is 39.9 Å². The van der Waals surface area contributed by atoms with Crippen molar-refractivity contribution in [3.63, 3.8) is 0 Å². The summed E-state index contributed by atoms with van der Waals surface area (Å²) < 4.78 is 0. The number of likely N-dealkylation sites (tertiary alicyclic amines) is 1. The molecule has 0 bridgehead atoms. The van der Waals surface area contributed by atoms with Crippen LogP contribution in [0.4, 0.5) is 0 Å². The van der Waals surface area contributed by atoms with Crippen LogP contribution in [0.25, 0.3) is 0 Å². The molecular weight excluding hydrogens is 380 g/mol. The summed E-state index contributed by atoms with van der Waals surface area (Å²) in [6.07, 6.45) is 3.34. The zero-order valence-electron chi connectivity index (χ0n) is 16.3. The van der Waals surface area contributed by atoms with Crippen molar-refractivity contribution in [3.8, 4) is 0 Å². The molecule has 7 heteroatoms. The molecule has 3 rings (SSSR count). The number of fused-ring (bicyclic) bond motifs is 1. The maximum absolute atomic E-state index is 13.2. The van der Waals surface area contributed by atoms with E-state index in [1.165, 1.54) is 4.90 Å². The largest absolute Gasteiger partial charge is 0.480 e. The molecule has 0 radical (unpaired) electrons. The highest BCUT2D eigenvalue weighted by atomic mass is 35.5. The number of nitrogens with zero attached hydrogens (tertiary/aromatic N) is 1. The fourth-order valence-corrected chi connectivity index (χ4v) is 4.67. The smallest absolute Gasteiger partial charge is 0.324 e. The van der Waals surface area contributed by atoms with Crippen LogP contribution in [0.5, 0.6) is 0 Å². The Bertz CT molecular complexity index is 766. The normalized spacial score (nSPS) is 29.4. The molecule has 1 aromatic rings. The maximum atomic E-state index is 13.2. The Morgan fingerprint density at radius 2 is 1.79 bits per heavy atom. The lowest BCUT2D eigenvalue weighted by molar-refractivity contribution is -0.151. The van der Waals surface area contributed by atoms with Crippen molar-refractivity contribution < 1.29 is 19.5 Å². The zero-order chi connectivity index (χ0) is 20.5. The summed E-state index contributed by atoms with van der Waals surface area (Å²) in [5.41, 5.74) is -0.656. The molecule has 2 fully saturated rings. The van der Waals surface area contributed by atoms with Crippen molar-refractivity contribution in [2.75, 3.05) is 6.54 Å². The van der Waals surface area contributed by atoms with Gasteiger partial charge in [0.1, 0.15) is 5.54 Å². The van der Waals surface area contributed by atoms with Crippen molar-refractivity contribution in [2.24, 2.45) is 11.8 Å². The number of imide groups is 1. The summed E-state index contributed by atoms with van der Waals surface area (Å²) in [5.74, 6) is -3.28. The van der Waals surface area contributed by atoms with Gasteiger partial charge in [0, 0.05) is 17.6 Å². The number of halogens is 1. The molecule has 2 heterocycles. The molecule has 4 atom stereocenters. The number of carboxylic acids is 1. The molecule has 2 amide bonds. The molecule has 28 heavy (non-hydrogen) atoms. The molecule has 0 saturated carbocycles. The standard InChI is InChI=1S/C21H27ClN2O4/c1-3-5-11-21(20(27)28)16-15(18(25)24(19(16)26)12-6-4-2)17(23-21)13-7-9-14(22)10-8-13/h7-10,15-17,23H,3-6,11-12H2,1-2H3,(H,27,28). The Morgan fingerprint density at radius 1 is 1.14 bits per heavy atom. The number of carbonyl (C=O) groups is 3. The molecule has 2 aliphatic rings. The number of aliphatic carboxylic acids is 1. The van der Waals surface area contributed by atoms with Gasteiger partial charge in [-0.3, -0.25) is 24.6 Å². The molecule has 2 saturated heterocycles. The van der Waals surface area contributed by atoms with Gasteiger partial charge in [-0.25, -0.2) is 0 Å². The molecular formula is C21H27ClN2O4. The Labute approximate surface area is 170 Å². The Kier molecular flexibility index (Phi) is 6.10. The number of unbranched alkanes of at least 4 members (excludes halogenated alkanes) is 2. The van der Waals surface area contributed by atoms with Crippen molar-refractivity contribution in [1.29, 1.82) is 0 Å². The number of carbonyl (C=O) groups excluding carboxylic acids is 2. The van der Waals surface area contributed by atoms with Crippen molar-refractivity contribution >= 4 is 29.4 Å². The van der Waals surface area contributed by atoms with Gasteiger partial charge in [-0.2, -0.15) is 0 Å². The van der Waals surface area contributed by atoms with Crippen LogP contribution in [0, 0.1) is 11.8 Å². The average Bonchev–Trinajstić information content (AvgIpc) is 3.14. The van der Waals surface area contributed by atoms with Gasteiger partial charge >= 0.3 is 5.97 Å². The summed E-state index contributed by atoms with van der Waals surface area (Å²) in [6, 6.07) is 6.49. The number of hydrogen-bond acceptors (Lipinski definition) is 4. The van der Waals surface area contributed by atoms with Gasteiger partial charge in [-0.05, 0) is 30.5 Å². The van der Waals surface area contributed by atoms with E-state index in [2.05, 4.69) is 5.32 Å². The van der Waals surface area contributed by atoms with E-state index in [-0.39, 0.29) is 11.8 Å². The quantitative estimate of drug-likeness (QED) is 0.646. The van der Waals surface area contributed by atoms with Crippen molar-refractivity contribution in [2.45, 2.75) is 57.5 Å². The molecule has 0 aliphatic carbocycles. The molecule has 1 aromatic carbocycles. The molecule has 152 valence electrons. The Hall–Kier alpha value is -1.92. The van der Waals surface area contributed by atoms with E-state index in [9.17, 15) is 19.5 Å². The van der Waals surface area contributed by atoms with Crippen LogP contribution in [0.2, 0.25) is 5.02 Å². The third-order valence-electron chi connectivity index (χ3n) is 6.02. The molecule has 0 spiro atoms. The number of nitrogens with one attached hydrogen (secondary N) is 1. The maximum Gasteiger partial charge on any atom is 0.324 e. The van der Waals surface area contributed by atoms with Crippen LogP contribution in [0.15, 0.2) is 24.3 Å². The Morgan fingerprint density at radius 3 is 2.36 bits per heavy atom. The first-order valence-corrected chi connectivity index (χ1v) is 10.4. The summed E-state index contributed by atoms with van der Waals surface area (Å²) in [6.45, 7) is 4.32.